The predicted molar refractivity (Wildman–Crippen MR) is 107 cm³/mol. The minimum atomic E-state index is -0.945. The summed E-state index contributed by atoms with van der Waals surface area (Å²) in [5, 5.41) is 12.2. The highest BCUT2D eigenvalue weighted by molar-refractivity contribution is 5.95. The van der Waals surface area contributed by atoms with Crippen LogP contribution in [-0.2, 0) is 11.2 Å². The van der Waals surface area contributed by atoms with Gasteiger partial charge in [0.05, 0.1) is 19.6 Å². The molecule has 1 amide bonds. The highest BCUT2D eigenvalue weighted by Crippen LogP contribution is 2.28. The van der Waals surface area contributed by atoms with Crippen LogP contribution in [0.4, 0.5) is 0 Å². The largest absolute Gasteiger partial charge is 0.493 e. The van der Waals surface area contributed by atoms with Crippen molar-refractivity contribution >= 4 is 11.9 Å². The van der Waals surface area contributed by atoms with E-state index >= 15 is 0 Å². The lowest BCUT2D eigenvalue weighted by Crippen LogP contribution is -2.34. The number of methoxy groups -OCH3 is 1. The Labute approximate surface area is 165 Å². The first-order valence-electron chi connectivity index (χ1n) is 9.26. The minimum absolute atomic E-state index is 0.0387. The maximum atomic E-state index is 12.5. The Morgan fingerprint density at radius 3 is 2.39 bits per heavy atom. The Bertz CT molecular complexity index is 789. The van der Waals surface area contributed by atoms with E-state index in [1.165, 1.54) is 7.11 Å². The molecule has 2 aromatic rings. The average molecular weight is 385 g/mol. The van der Waals surface area contributed by atoms with Crippen LogP contribution in [0.1, 0.15) is 29.8 Å². The number of carbonyl (C=O) groups is 2. The molecule has 2 aromatic carbocycles. The summed E-state index contributed by atoms with van der Waals surface area (Å²) in [5.74, 6) is -0.605. The standard InChI is InChI=1S/C22H27NO5/c1-15(2)14-28-19-10-9-17(12-20(19)27-3)21(24)23-13-18(22(25)26)11-16-7-5-4-6-8-16/h4-10,12,15,18H,11,13-14H2,1-3H3,(H,23,24)(H,25,26). The van der Waals surface area contributed by atoms with Crippen LogP contribution < -0.4 is 14.8 Å². The van der Waals surface area contributed by atoms with Crippen molar-refractivity contribution in [3.63, 3.8) is 0 Å². The quantitative estimate of drug-likeness (QED) is 0.655. The van der Waals surface area contributed by atoms with Crippen LogP contribution in [0.15, 0.2) is 48.5 Å². The molecule has 0 radical (unpaired) electrons. The number of ether oxygens (including phenoxy) is 2. The molecule has 0 saturated heterocycles. The number of carbonyl (C=O) groups excluding carboxylic acids is 1. The fourth-order valence-electron chi connectivity index (χ4n) is 2.65. The van der Waals surface area contributed by atoms with Gasteiger partial charge in [-0.1, -0.05) is 44.2 Å². The van der Waals surface area contributed by atoms with Gasteiger partial charge >= 0.3 is 5.97 Å². The Kier molecular flexibility index (Phi) is 7.87. The van der Waals surface area contributed by atoms with Crippen molar-refractivity contribution in [3.05, 3.63) is 59.7 Å². The summed E-state index contributed by atoms with van der Waals surface area (Å²) in [6.45, 7) is 4.67. The van der Waals surface area contributed by atoms with Crippen molar-refractivity contribution in [2.75, 3.05) is 20.3 Å². The summed E-state index contributed by atoms with van der Waals surface area (Å²) < 4.78 is 11.0. The maximum absolute atomic E-state index is 12.5. The normalized spacial score (nSPS) is 11.7. The lowest BCUT2D eigenvalue weighted by Gasteiger charge is -2.15. The van der Waals surface area contributed by atoms with Crippen LogP contribution >= 0.6 is 0 Å². The Morgan fingerprint density at radius 1 is 1.07 bits per heavy atom. The van der Waals surface area contributed by atoms with Gasteiger partial charge in [-0.25, -0.2) is 0 Å². The fourth-order valence-corrected chi connectivity index (χ4v) is 2.65. The molecule has 2 N–H and O–H groups in total. The third kappa shape index (κ3) is 6.30. The van der Waals surface area contributed by atoms with Gasteiger partial charge in [-0.15, -0.1) is 0 Å². The van der Waals surface area contributed by atoms with Crippen molar-refractivity contribution in [1.82, 2.24) is 5.32 Å². The number of carboxylic acid groups (broad SMARTS) is 1. The number of hydrogen-bond donors (Lipinski definition) is 2. The van der Waals surface area contributed by atoms with E-state index in [0.717, 1.165) is 5.56 Å². The Balaban J connectivity index is 2.01. The van der Waals surface area contributed by atoms with E-state index in [-0.39, 0.29) is 12.5 Å². The number of amides is 1. The summed E-state index contributed by atoms with van der Waals surface area (Å²) in [6, 6.07) is 14.3. The molecule has 6 nitrogen and oxygen atoms in total. The van der Waals surface area contributed by atoms with Crippen molar-refractivity contribution < 1.29 is 24.2 Å². The first kappa shape index (κ1) is 21.3. The highest BCUT2D eigenvalue weighted by Gasteiger charge is 2.20. The van der Waals surface area contributed by atoms with Crippen LogP contribution in [0.25, 0.3) is 0 Å². The number of benzene rings is 2. The first-order chi connectivity index (χ1) is 13.4. The van der Waals surface area contributed by atoms with Crippen LogP contribution in [0.5, 0.6) is 11.5 Å². The summed E-state index contributed by atoms with van der Waals surface area (Å²) in [6.07, 6.45) is 0.349. The first-order valence-corrected chi connectivity index (χ1v) is 9.26. The SMILES string of the molecule is COc1cc(C(=O)NCC(Cc2ccccc2)C(=O)O)ccc1OCC(C)C. The van der Waals surface area contributed by atoms with Gasteiger partial charge in [0, 0.05) is 12.1 Å². The molecule has 0 saturated carbocycles. The zero-order valence-electron chi connectivity index (χ0n) is 16.5. The van der Waals surface area contributed by atoms with Gasteiger partial charge in [0.25, 0.3) is 5.91 Å². The lowest BCUT2D eigenvalue weighted by atomic mass is 9.99. The van der Waals surface area contributed by atoms with E-state index in [0.29, 0.717) is 36.0 Å². The van der Waals surface area contributed by atoms with E-state index in [9.17, 15) is 14.7 Å². The van der Waals surface area contributed by atoms with Crippen LogP contribution in [0.2, 0.25) is 0 Å². The Morgan fingerprint density at radius 2 is 1.79 bits per heavy atom. The molecule has 0 spiro atoms. The van der Waals surface area contributed by atoms with E-state index < -0.39 is 11.9 Å². The van der Waals surface area contributed by atoms with Crippen LogP contribution in [0.3, 0.4) is 0 Å². The number of carboxylic acids is 1. The minimum Gasteiger partial charge on any atom is -0.493 e. The topological polar surface area (TPSA) is 84.9 Å². The fraction of sp³-hybridized carbons (Fsp3) is 0.364. The Hall–Kier alpha value is -3.02. The zero-order valence-corrected chi connectivity index (χ0v) is 16.5. The van der Waals surface area contributed by atoms with Gasteiger partial charge in [-0.05, 0) is 36.1 Å². The number of nitrogens with one attached hydrogen (secondary N) is 1. The van der Waals surface area contributed by atoms with E-state index in [1.807, 2.05) is 44.2 Å². The molecule has 1 unspecified atom stereocenters. The molecule has 0 aliphatic heterocycles. The zero-order chi connectivity index (χ0) is 20.5. The van der Waals surface area contributed by atoms with Gasteiger partial charge in [0.2, 0.25) is 0 Å². The summed E-state index contributed by atoms with van der Waals surface area (Å²) in [5.41, 5.74) is 1.30. The van der Waals surface area contributed by atoms with Crippen molar-refractivity contribution in [3.8, 4) is 11.5 Å². The molecule has 28 heavy (non-hydrogen) atoms. The molecular weight excluding hydrogens is 358 g/mol. The van der Waals surface area contributed by atoms with Crippen LogP contribution in [-0.4, -0.2) is 37.2 Å². The third-order valence-electron chi connectivity index (χ3n) is 4.18. The third-order valence-corrected chi connectivity index (χ3v) is 4.18. The average Bonchev–Trinajstić information content (AvgIpc) is 2.69. The van der Waals surface area contributed by atoms with Gasteiger partial charge in [-0.2, -0.15) is 0 Å². The van der Waals surface area contributed by atoms with Gasteiger partial charge in [0.15, 0.2) is 11.5 Å². The molecule has 0 heterocycles. The van der Waals surface area contributed by atoms with Crippen LogP contribution in [0, 0.1) is 11.8 Å². The second-order valence-electron chi connectivity index (χ2n) is 7.01. The molecule has 0 aliphatic carbocycles. The molecule has 0 aliphatic rings. The van der Waals surface area contributed by atoms with E-state index in [4.69, 9.17) is 9.47 Å². The number of rotatable bonds is 10. The molecule has 6 heteroatoms. The highest BCUT2D eigenvalue weighted by atomic mass is 16.5. The van der Waals surface area contributed by atoms with E-state index in [1.54, 1.807) is 18.2 Å². The second kappa shape index (κ2) is 10.3. The van der Waals surface area contributed by atoms with Crippen molar-refractivity contribution in [2.24, 2.45) is 11.8 Å². The van der Waals surface area contributed by atoms with Gasteiger partial charge < -0.3 is 19.9 Å². The summed E-state index contributed by atoms with van der Waals surface area (Å²) in [4.78, 5) is 24.0. The van der Waals surface area contributed by atoms with Gasteiger partial charge in [-0.3, -0.25) is 9.59 Å². The number of hydrogen-bond acceptors (Lipinski definition) is 4. The summed E-state index contributed by atoms with van der Waals surface area (Å²) >= 11 is 0. The molecule has 150 valence electrons. The maximum Gasteiger partial charge on any atom is 0.308 e. The summed E-state index contributed by atoms with van der Waals surface area (Å²) in [7, 11) is 1.51. The molecule has 0 fully saturated rings. The van der Waals surface area contributed by atoms with Crippen molar-refractivity contribution in [1.29, 1.82) is 0 Å². The molecular formula is C22H27NO5. The predicted octanol–water partition coefficient (Wildman–Crippen LogP) is 3.40. The second-order valence-corrected chi connectivity index (χ2v) is 7.01. The molecule has 2 rings (SSSR count). The molecule has 0 bridgehead atoms. The molecule has 1 atom stereocenters. The smallest absolute Gasteiger partial charge is 0.308 e. The lowest BCUT2D eigenvalue weighted by molar-refractivity contribution is -0.141. The van der Waals surface area contributed by atoms with Crippen molar-refractivity contribution in [2.45, 2.75) is 20.3 Å². The monoisotopic (exact) mass is 385 g/mol. The number of aliphatic carboxylic acids is 1. The van der Waals surface area contributed by atoms with E-state index in [2.05, 4.69) is 5.32 Å². The van der Waals surface area contributed by atoms with Gasteiger partial charge in [0.1, 0.15) is 0 Å². The molecule has 0 aromatic heterocycles.